The first kappa shape index (κ1) is 18.7. The van der Waals surface area contributed by atoms with Gasteiger partial charge >= 0.3 is 0 Å². The SMILES string of the molecule is Cc1ccc([C@@H](O)[P@@](=O)(OC(C)C)c2ccc(N(C)C)cc2)cc1. The van der Waals surface area contributed by atoms with Gasteiger partial charge in [-0.1, -0.05) is 29.8 Å². The lowest BCUT2D eigenvalue weighted by Crippen LogP contribution is -2.18. The number of nitrogens with zero attached hydrogens (tertiary/aromatic N) is 1. The van der Waals surface area contributed by atoms with E-state index in [0.717, 1.165) is 11.3 Å². The second-order valence-corrected chi connectivity index (χ2v) is 8.86. The Bertz CT molecular complexity index is 708. The van der Waals surface area contributed by atoms with Gasteiger partial charge in [0.15, 0.2) is 5.85 Å². The molecule has 0 bridgehead atoms. The molecule has 0 amide bonds. The van der Waals surface area contributed by atoms with Gasteiger partial charge < -0.3 is 14.5 Å². The van der Waals surface area contributed by atoms with Crippen molar-refractivity contribution >= 4 is 18.4 Å². The van der Waals surface area contributed by atoms with E-state index in [1.54, 1.807) is 24.3 Å². The van der Waals surface area contributed by atoms with E-state index in [4.69, 9.17) is 4.52 Å². The zero-order valence-electron chi connectivity index (χ0n) is 14.9. The molecule has 2 rings (SSSR count). The summed E-state index contributed by atoms with van der Waals surface area (Å²) in [7, 11) is 0.421. The molecule has 2 aromatic rings. The molecule has 0 radical (unpaired) electrons. The van der Waals surface area contributed by atoms with E-state index >= 15 is 0 Å². The highest BCUT2D eigenvalue weighted by molar-refractivity contribution is 7.67. The van der Waals surface area contributed by atoms with Crippen molar-refractivity contribution < 1.29 is 14.2 Å². The molecule has 4 nitrogen and oxygen atoms in total. The maximum atomic E-state index is 13.6. The van der Waals surface area contributed by atoms with Crippen molar-refractivity contribution in [1.29, 1.82) is 0 Å². The summed E-state index contributed by atoms with van der Waals surface area (Å²) in [5, 5.41) is 11.3. The van der Waals surface area contributed by atoms with Crippen LogP contribution in [0.15, 0.2) is 48.5 Å². The molecule has 5 heteroatoms. The number of hydrogen-bond donors (Lipinski definition) is 1. The molecule has 0 aliphatic carbocycles. The predicted molar refractivity (Wildman–Crippen MR) is 100 cm³/mol. The van der Waals surface area contributed by atoms with E-state index in [1.807, 2.05) is 64.0 Å². The van der Waals surface area contributed by atoms with Crippen LogP contribution in [0.25, 0.3) is 0 Å². The Kier molecular flexibility index (Phi) is 5.87. The molecule has 0 heterocycles. The maximum absolute atomic E-state index is 13.6. The lowest BCUT2D eigenvalue weighted by molar-refractivity contribution is 0.189. The van der Waals surface area contributed by atoms with Gasteiger partial charge in [0, 0.05) is 25.1 Å². The topological polar surface area (TPSA) is 49.8 Å². The van der Waals surface area contributed by atoms with Gasteiger partial charge in [-0.3, -0.25) is 4.57 Å². The highest BCUT2D eigenvalue weighted by Gasteiger charge is 2.37. The van der Waals surface area contributed by atoms with Gasteiger partial charge in [0.05, 0.1) is 6.10 Å². The van der Waals surface area contributed by atoms with Crippen LogP contribution in [0.4, 0.5) is 5.69 Å². The molecule has 0 fully saturated rings. The molecule has 130 valence electrons. The molecule has 0 saturated heterocycles. The van der Waals surface area contributed by atoms with Crippen LogP contribution in [0.2, 0.25) is 0 Å². The Morgan fingerprint density at radius 1 is 1.00 bits per heavy atom. The zero-order valence-corrected chi connectivity index (χ0v) is 15.8. The van der Waals surface area contributed by atoms with Crippen molar-refractivity contribution in [2.75, 3.05) is 19.0 Å². The lowest BCUT2D eigenvalue weighted by atomic mass is 10.2. The Morgan fingerprint density at radius 2 is 1.54 bits per heavy atom. The third-order valence-electron chi connectivity index (χ3n) is 3.79. The second kappa shape index (κ2) is 7.52. The maximum Gasteiger partial charge on any atom is 0.264 e. The summed E-state index contributed by atoms with van der Waals surface area (Å²) in [4.78, 5) is 1.97. The number of rotatable bonds is 6. The van der Waals surface area contributed by atoms with Gasteiger partial charge in [-0.15, -0.1) is 0 Å². The Morgan fingerprint density at radius 3 is 2.00 bits per heavy atom. The first-order valence-corrected chi connectivity index (χ1v) is 9.74. The first-order valence-electron chi connectivity index (χ1n) is 8.04. The lowest BCUT2D eigenvalue weighted by Gasteiger charge is -2.27. The summed E-state index contributed by atoms with van der Waals surface area (Å²) in [6, 6.07) is 14.7. The fraction of sp³-hybridized carbons (Fsp3) is 0.368. The Balaban J connectivity index is 2.45. The van der Waals surface area contributed by atoms with Crippen molar-refractivity contribution in [3.63, 3.8) is 0 Å². The quantitative estimate of drug-likeness (QED) is 0.800. The van der Waals surface area contributed by atoms with Gasteiger partial charge in [-0.25, -0.2) is 0 Å². The van der Waals surface area contributed by atoms with Crippen molar-refractivity contribution in [1.82, 2.24) is 0 Å². The molecule has 0 aromatic heterocycles. The third-order valence-corrected chi connectivity index (χ3v) is 6.49. The van der Waals surface area contributed by atoms with E-state index in [-0.39, 0.29) is 6.10 Å². The minimum Gasteiger partial charge on any atom is -0.378 e. The third kappa shape index (κ3) is 4.07. The fourth-order valence-corrected chi connectivity index (χ4v) is 4.74. The molecule has 0 spiro atoms. The molecule has 0 saturated carbocycles. The average Bonchev–Trinajstić information content (AvgIpc) is 2.54. The van der Waals surface area contributed by atoms with Crippen molar-refractivity contribution in [2.24, 2.45) is 0 Å². The van der Waals surface area contributed by atoms with Gasteiger partial charge in [-0.2, -0.15) is 0 Å². The summed E-state index contributed by atoms with van der Waals surface area (Å²) in [6.07, 6.45) is -0.260. The van der Waals surface area contributed by atoms with E-state index in [0.29, 0.717) is 10.9 Å². The van der Waals surface area contributed by atoms with Crippen LogP contribution in [-0.4, -0.2) is 25.3 Å². The Labute approximate surface area is 144 Å². The minimum atomic E-state index is -3.47. The highest BCUT2D eigenvalue weighted by Crippen LogP contribution is 2.58. The standard InChI is InChI=1S/C19H26NO3P/c1-14(2)23-24(22,18-12-10-17(11-13-18)20(4)5)19(21)16-8-6-15(3)7-9-16/h6-14,19,21H,1-5H3/t19-,24-/m0/s1. The van der Waals surface area contributed by atoms with E-state index in [1.165, 1.54) is 0 Å². The van der Waals surface area contributed by atoms with Crippen molar-refractivity contribution in [3.8, 4) is 0 Å². The minimum absolute atomic E-state index is 0.260. The smallest absolute Gasteiger partial charge is 0.264 e. The van der Waals surface area contributed by atoms with Crippen molar-refractivity contribution in [3.05, 3.63) is 59.7 Å². The van der Waals surface area contributed by atoms with Crippen molar-refractivity contribution in [2.45, 2.75) is 32.7 Å². The predicted octanol–water partition coefficient (Wildman–Crippen LogP) is 4.08. The zero-order chi connectivity index (χ0) is 17.9. The van der Waals surface area contributed by atoms with E-state index in [9.17, 15) is 9.67 Å². The fourth-order valence-electron chi connectivity index (χ4n) is 2.47. The molecule has 2 aromatic carbocycles. The normalized spacial score (nSPS) is 15.1. The van der Waals surface area contributed by atoms with Crippen LogP contribution >= 0.6 is 7.37 Å². The molecule has 1 N–H and O–H groups in total. The molecule has 0 unspecified atom stereocenters. The van der Waals surface area contributed by atoms with Gasteiger partial charge in [-0.05, 0) is 50.6 Å². The average molecular weight is 347 g/mol. The number of anilines is 1. The summed E-state index contributed by atoms with van der Waals surface area (Å²) in [6.45, 7) is 5.62. The van der Waals surface area contributed by atoms with Crippen LogP contribution in [0.1, 0.15) is 30.8 Å². The number of aliphatic hydroxyl groups is 1. The molecule has 24 heavy (non-hydrogen) atoms. The summed E-state index contributed by atoms with van der Waals surface area (Å²) in [5.74, 6) is -1.19. The van der Waals surface area contributed by atoms with E-state index in [2.05, 4.69) is 0 Å². The molecule has 0 aliphatic rings. The Hall–Kier alpha value is -1.61. The first-order chi connectivity index (χ1) is 11.2. The summed E-state index contributed by atoms with van der Waals surface area (Å²) < 4.78 is 19.4. The summed E-state index contributed by atoms with van der Waals surface area (Å²) >= 11 is 0. The van der Waals surface area contributed by atoms with Crippen LogP contribution in [0.5, 0.6) is 0 Å². The molecule has 0 aliphatic heterocycles. The number of benzene rings is 2. The van der Waals surface area contributed by atoms with Gasteiger partial charge in [0.2, 0.25) is 0 Å². The van der Waals surface area contributed by atoms with Crippen LogP contribution in [-0.2, 0) is 9.09 Å². The largest absolute Gasteiger partial charge is 0.378 e. The number of hydrogen-bond acceptors (Lipinski definition) is 4. The summed E-state index contributed by atoms with van der Waals surface area (Å²) in [5.41, 5.74) is 2.68. The van der Waals surface area contributed by atoms with Crippen LogP contribution in [0.3, 0.4) is 0 Å². The molecular weight excluding hydrogens is 321 g/mol. The molecule has 2 atom stereocenters. The second-order valence-electron chi connectivity index (χ2n) is 6.45. The van der Waals surface area contributed by atoms with E-state index < -0.39 is 13.2 Å². The number of aryl methyl sites for hydroxylation is 1. The number of aliphatic hydroxyl groups excluding tert-OH is 1. The van der Waals surface area contributed by atoms with Gasteiger partial charge in [0.1, 0.15) is 0 Å². The van der Waals surface area contributed by atoms with Gasteiger partial charge in [0.25, 0.3) is 7.37 Å². The van der Waals surface area contributed by atoms with Crippen LogP contribution in [0, 0.1) is 6.92 Å². The monoisotopic (exact) mass is 347 g/mol. The van der Waals surface area contributed by atoms with Crippen LogP contribution < -0.4 is 10.2 Å². The molecular formula is C19H26NO3P. The highest BCUT2D eigenvalue weighted by atomic mass is 31.2.